The van der Waals surface area contributed by atoms with Crippen LogP contribution in [0, 0.1) is 5.92 Å². The van der Waals surface area contributed by atoms with Crippen molar-refractivity contribution in [1.82, 2.24) is 0 Å². The molecule has 0 bridgehead atoms. The van der Waals surface area contributed by atoms with Gasteiger partial charge in [-0.25, -0.2) is 0 Å². The lowest BCUT2D eigenvalue weighted by molar-refractivity contribution is -0.00508. The van der Waals surface area contributed by atoms with Crippen molar-refractivity contribution in [2.75, 3.05) is 0 Å². The summed E-state index contributed by atoms with van der Waals surface area (Å²) in [6.07, 6.45) is 1.88. The smallest absolute Gasteiger partial charge is 0.152 e. The topological polar surface area (TPSA) is 110 Å². The van der Waals surface area contributed by atoms with Gasteiger partial charge in [-0.1, -0.05) is 6.08 Å². The molecule has 0 saturated carbocycles. The van der Waals surface area contributed by atoms with Crippen LogP contribution < -0.4 is 4.74 Å². The molecule has 0 radical (unpaired) electrons. The standard InChI is InChI=1S/C15H16O6/c16-8-4-11(18)9-6-13(20)15(21-14(9)5-8)7-1-2-10(17)12(19)3-7/h1-2,4-5,7,13,15-20H,3,6H2/t7?,13-,15-/m1/s1. The van der Waals surface area contributed by atoms with Gasteiger partial charge in [-0.2, -0.15) is 0 Å². The average Bonchev–Trinajstić information content (AvgIpc) is 2.42. The van der Waals surface area contributed by atoms with E-state index < -0.39 is 12.2 Å². The molecule has 3 atom stereocenters. The molecule has 0 spiro atoms. The number of allylic oxidation sites excluding steroid dienone is 2. The molecule has 3 rings (SSSR count). The Morgan fingerprint density at radius 3 is 2.52 bits per heavy atom. The summed E-state index contributed by atoms with van der Waals surface area (Å²) < 4.78 is 5.69. The van der Waals surface area contributed by atoms with Crippen LogP contribution in [0.2, 0.25) is 0 Å². The average molecular weight is 292 g/mol. The van der Waals surface area contributed by atoms with Crippen LogP contribution in [-0.2, 0) is 6.42 Å². The van der Waals surface area contributed by atoms with Crippen LogP contribution >= 0.6 is 0 Å². The number of phenolic OH excluding ortho intramolecular Hbond substituents is 2. The fraction of sp³-hybridized carbons (Fsp3) is 0.333. The van der Waals surface area contributed by atoms with Crippen LogP contribution in [0.4, 0.5) is 0 Å². The Morgan fingerprint density at radius 1 is 1.05 bits per heavy atom. The Kier molecular flexibility index (Phi) is 3.17. The Balaban J connectivity index is 1.88. The van der Waals surface area contributed by atoms with Crippen molar-refractivity contribution < 1.29 is 30.3 Å². The maximum atomic E-state index is 10.2. The second-order valence-corrected chi connectivity index (χ2v) is 5.35. The number of benzene rings is 1. The molecule has 1 aromatic carbocycles. The van der Waals surface area contributed by atoms with Gasteiger partial charge in [-0.15, -0.1) is 0 Å². The quantitative estimate of drug-likeness (QED) is 0.538. The number of ether oxygens (including phenoxy) is 1. The molecule has 1 aromatic rings. The molecule has 0 saturated heterocycles. The van der Waals surface area contributed by atoms with E-state index in [0.717, 1.165) is 0 Å². The van der Waals surface area contributed by atoms with Crippen LogP contribution in [0.3, 0.4) is 0 Å². The SMILES string of the molecule is OC1=C(O)CC([C@H]2Oc3cc(O)cc(O)c3C[C@H]2O)C=C1. The molecule has 21 heavy (non-hydrogen) atoms. The fourth-order valence-electron chi connectivity index (χ4n) is 2.78. The predicted octanol–water partition coefficient (Wildman–Crippen LogP) is 1.67. The van der Waals surface area contributed by atoms with E-state index in [1.54, 1.807) is 6.08 Å². The van der Waals surface area contributed by atoms with Gasteiger partial charge in [0.2, 0.25) is 0 Å². The van der Waals surface area contributed by atoms with Gasteiger partial charge in [0.05, 0.1) is 6.10 Å². The minimum Gasteiger partial charge on any atom is -0.508 e. The van der Waals surface area contributed by atoms with E-state index in [0.29, 0.717) is 11.3 Å². The molecule has 0 aromatic heterocycles. The third kappa shape index (κ3) is 2.38. The molecule has 1 aliphatic heterocycles. The summed E-state index contributed by atoms with van der Waals surface area (Å²) in [5.74, 6) is -0.582. The first-order chi connectivity index (χ1) is 9.95. The molecule has 1 heterocycles. The zero-order valence-corrected chi connectivity index (χ0v) is 11.1. The number of aliphatic hydroxyl groups is 3. The van der Waals surface area contributed by atoms with Gasteiger partial charge in [-0.3, -0.25) is 0 Å². The van der Waals surface area contributed by atoms with Gasteiger partial charge in [0, 0.05) is 36.5 Å². The molecule has 0 amide bonds. The van der Waals surface area contributed by atoms with E-state index in [4.69, 9.17) is 4.74 Å². The van der Waals surface area contributed by atoms with Gasteiger partial charge >= 0.3 is 0 Å². The highest BCUT2D eigenvalue weighted by Gasteiger charge is 2.36. The van der Waals surface area contributed by atoms with Crippen molar-refractivity contribution >= 4 is 0 Å². The molecule has 2 aliphatic rings. The molecular formula is C15H16O6. The van der Waals surface area contributed by atoms with E-state index in [-0.39, 0.29) is 41.8 Å². The first-order valence-corrected chi connectivity index (χ1v) is 6.64. The monoisotopic (exact) mass is 292 g/mol. The molecule has 6 nitrogen and oxygen atoms in total. The number of rotatable bonds is 1. The van der Waals surface area contributed by atoms with E-state index in [2.05, 4.69) is 0 Å². The highest BCUT2D eigenvalue weighted by atomic mass is 16.5. The van der Waals surface area contributed by atoms with Crippen LogP contribution in [0.15, 0.2) is 35.8 Å². The lowest BCUT2D eigenvalue weighted by Gasteiger charge is -2.35. The van der Waals surface area contributed by atoms with E-state index in [9.17, 15) is 25.5 Å². The number of fused-ring (bicyclic) bond motifs is 1. The van der Waals surface area contributed by atoms with E-state index in [1.165, 1.54) is 18.2 Å². The van der Waals surface area contributed by atoms with Crippen molar-refractivity contribution in [3.63, 3.8) is 0 Å². The predicted molar refractivity (Wildman–Crippen MR) is 73.4 cm³/mol. The highest BCUT2D eigenvalue weighted by molar-refractivity contribution is 5.51. The maximum Gasteiger partial charge on any atom is 0.152 e. The highest BCUT2D eigenvalue weighted by Crippen LogP contribution is 2.40. The normalized spacial score (nSPS) is 28.1. The van der Waals surface area contributed by atoms with Crippen molar-refractivity contribution in [2.45, 2.75) is 25.0 Å². The minimum atomic E-state index is -0.865. The Morgan fingerprint density at radius 2 is 1.81 bits per heavy atom. The number of hydrogen-bond acceptors (Lipinski definition) is 6. The fourth-order valence-corrected chi connectivity index (χ4v) is 2.78. The first-order valence-electron chi connectivity index (χ1n) is 6.64. The summed E-state index contributed by atoms with van der Waals surface area (Å²) in [5.41, 5.74) is 0.443. The first kappa shape index (κ1) is 13.6. The molecule has 6 heteroatoms. The van der Waals surface area contributed by atoms with E-state index in [1.807, 2.05) is 0 Å². The summed E-state index contributed by atoms with van der Waals surface area (Å²) in [7, 11) is 0. The summed E-state index contributed by atoms with van der Waals surface area (Å²) >= 11 is 0. The lowest BCUT2D eigenvalue weighted by atomic mass is 9.86. The Bertz CT molecular complexity index is 633. The summed E-state index contributed by atoms with van der Waals surface area (Å²) in [5, 5.41) is 48.5. The third-order valence-electron chi connectivity index (χ3n) is 3.87. The van der Waals surface area contributed by atoms with Crippen LogP contribution in [0.5, 0.6) is 17.2 Å². The second kappa shape index (κ2) is 4.89. The van der Waals surface area contributed by atoms with Gasteiger partial charge < -0.3 is 30.3 Å². The second-order valence-electron chi connectivity index (χ2n) is 5.35. The molecule has 112 valence electrons. The van der Waals surface area contributed by atoms with Gasteiger partial charge in [0.15, 0.2) is 5.76 Å². The number of aliphatic hydroxyl groups excluding tert-OH is 3. The van der Waals surface area contributed by atoms with Gasteiger partial charge in [0.1, 0.15) is 29.1 Å². The summed E-state index contributed by atoms with van der Waals surface area (Å²) in [6, 6.07) is 2.58. The number of phenols is 2. The number of hydrogen-bond donors (Lipinski definition) is 5. The molecule has 5 N–H and O–H groups in total. The third-order valence-corrected chi connectivity index (χ3v) is 3.87. The Hall–Kier alpha value is -2.34. The lowest BCUT2D eigenvalue weighted by Crippen LogP contribution is -2.43. The van der Waals surface area contributed by atoms with Gasteiger partial charge in [0.25, 0.3) is 0 Å². The summed E-state index contributed by atoms with van der Waals surface area (Å²) in [4.78, 5) is 0. The molecular weight excluding hydrogens is 276 g/mol. The van der Waals surface area contributed by atoms with Crippen molar-refractivity contribution in [3.05, 3.63) is 41.4 Å². The van der Waals surface area contributed by atoms with Crippen LogP contribution in [0.25, 0.3) is 0 Å². The maximum absolute atomic E-state index is 10.2. The molecule has 1 aliphatic carbocycles. The van der Waals surface area contributed by atoms with Crippen molar-refractivity contribution in [1.29, 1.82) is 0 Å². The van der Waals surface area contributed by atoms with Crippen LogP contribution in [-0.4, -0.2) is 37.7 Å². The zero-order valence-electron chi connectivity index (χ0n) is 11.1. The summed E-state index contributed by atoms with van der Waals surface area (Å²) in [6.45, 7) is 0. The number of aromatic hydroxyl groups is 2. The van der Waals surface area contributed by atoms with Crippen molar-refractivity contribution in [3.8, 4) is 17.2 Å². The van der Waals surface area contributed by atoms with Crippen molar-refractivity contribution in [2.24, 2.45) is 5.92 Å². The Labute approximate surface area is 120 Å². The van der Waals surface area contributed by atoms with Crippen LogP contribution in [0.1, 0.15) is 12.0 Å². The molecule has 0 fully saturated rings. The molecule has 1 unspecified atom stereocenters. The zero-order chi connectivity index (χ0) is 15.1. The van der Waals surface area contributed by atoms with E-state index >= 15 is 0 Å². The van der Waals surface area contributed by atoms with Gasteiger partial charge in [-0.05, 0) is 6.08 Å². The largest absolute Gasteiger partial charge is 0.508 e. The minimum absolute atomic E-state index is 0.123.